The van der Waals surface area contributed by atoms with E-state index in [9.17, 15) is 5.11 Å². The van der Waals surface area contributed by atoms with Gasteiger partial charge in [0, 0.05) is 6.54 Å². The van der Waals surface area contributed by atoms with E-state index in [-0.39, 0.29) is 11.3 Å². The topological polar surface area (TPSA) is 61.9 Å². The molecule has 0 aliphatic carbocycles. The van der Waals surface area contributed by atoms with Crippen LogP contribution in [0.4, 0.5) is 0 Å². The summed E-state index contributed by atoms with van der Waals surface area (Å²) < 4.78 is 0. The Labute approximate surface area is 124 Å². The van der Waals surface area contributed by atoms with E-state index in [0.29, 0.717) is 19.0 Å². The minimum Gasteiger partial charge on any atom is -0.508 e. The molecule has 1 atom stereocenters. The van der Waals surface area contributed by atoms with Gasteiger partial charge in [0.2, 0.25) is 0 Å². The fraction of sp³-hybridized carbons (Fsp3) is 0.235. The maximum atomic E-state index is 9.74. The summed E-state index contributed by atoms with van der Waals surface area (Å²) in [6.07, 6.45) is 0. The molecule has 1 aliphatic rings. The first-order chi connectivity index (χ1) is 10.1. The number of rotatable bonds is 3. The molecular formula is C17H19N3O. The second-order valence-electron chi connectivity index (χ2n) is 5.57. The number of benzene rings is 2. The third-order valence-corrected chi connectivity index (χ3v) is 4.07. The van der Waals surface area contributed by atoms with Gasteiger partial charge < -0.3 is 15.7 Å². The van der Waals surface area contributed by atoms with E-state index in [0.717, 1.165) is 5.56 Å². The number of hydrogen-bond donors (Lipinski definition) is 2. The molecule has 0 radical (unpaired) electrons. The molecule has 0 saturated heterocycles. The summed E-state index contributed by atoms with van der Waals surface area (Å²) >= 11 is 0. The van der Waals surface area contributed by atoms with Crippen molar-refractivity contribution in [3.63, 3.8) is 0 Å². The van der Waals surface area contributed by atoms with Crippen molar-refractivity contribution in [2.45, 2.75) is 19.0 Å². The Hall–Kier alpha value is -2.49. The fourth-order valence-corrected chi connectivity index (χ4v) is 2.77. The highest BCUT2D eigenvalue weighted by Crippen LogP contribution is 2.35. The molecule has 4 heteroatoms. The normalized spacial score (nSPS) is 21.4. The summed E-state index contributed by atoms with van der Waals surface area (Å²) in [6.45, 7) is 3.39. The zero-order valence-electron chi connectivity index (χ0n) is 12.0. The first-order valence-corrected chi connectivity index (χ1v) is 7.00. The molecule has 1 heterocycles. The molecule has 3 rings (SSSR count). The van der Waals surface area contributed by atoms with Gasteiger partial charge in [0.05, 0.1) is 12.1 Å². The van der Waals surface area contributed by atoms with Crippen molar-refractivity contribution in [1.29, 1.82) is 0 Å². The second-order valence-corrected chi connectivity index (χ2v) is 5.57. The summed E-state index contributed by atoms with van der Waals surface area (Å²) in [7, 11) is 0. The number of phenolic OH excluding ortho intramolecular Hbond substituents is 1. The molecule has 0 bridgehead atoms. The van der Waals surface area contributed by atoms with Gasteiger partial charge in [-0.25, -0.2) is 0 Å². The number of aromatic hydroxyl groups is 1. The van der Waals surface area contributed by atoms with E-state index < -0.39 is 0 Å². The van der Waals surface area contributed by atoms with Crippen LogP contribution in [0.2, 0.25) is 0 Å². The van der Waals surface area contributed by atoms with Crippen LogP contribution in [0.15, 0.2) is 59.6 Å². The van der Waals surface area contributed by atoms with Crippen LogP contribution >= 0.6 is 0 Å². The molecule has 0 fully saturated rings. The number of hydrogen-bond acceptors (Lipinski definition) is 4. The number of aliphatic imine (C=N–C) groups is 1. The molecule has 0 amide bonds. The van der Waals surface area contributed by atoms with E-state index in [4.69, 9.17) is 5.73 Å². The molecule has 2 aromatic carbocycles. The molecule has 0 spiro atoms. The zero-order valence-corrected chi connectivity index (χ0v) is 12.0. The minimum absolute atomic E-state index is 0.263. The third-order valence-electron chi connectivity index (χ3n) is 4.07. The number of phenols is 1. The van der Waals surface area contributed by atoms with Crippen molar-refractivity contribution in [2.24, 2.45) is 10.7 Å². The maximum Gasteiger partial charge on any atom is 0.192 e. The number of nitrogens with two attached hydrogens (primary N) is 1. The first kappa shape index (κ1) is 13.5. The van der Waals surface area contributed by atoms with Crippen LogP contribution < -0.4 is 5.73 Å². The maximum absolute atomic E-state index is 9.74. The predicted octanol–water partition coefficient (Wildman–Crippen LogP) is 2.44. The Morgan fingerprint density at radius 2 is 1.95 bits per heavy atom. The van der Waals surface area contributed by atoms with Gasteiger partial charge in [0.15, 0.2) is 5.96 Å². The van der Waals surface area contributed by atoms with Gasteiger partial charge in [0.1, 0.15) is 5.75 Å². The van der Waals surface area contributed by atoms with Gasteiger partial charge in [0.25, 0.3) is 0 Å². The smallest absolute Gasteiger partial charge is 0.192 e. The average molecular weight is 281 g/mol. The lowest BCUT2D eigenvalue weighted by Gasteiger charge is -2.36. The fourth-order valence-electron chi connectivity index (χ4n) is 2.77. The average Bonchev–Trinajstić information content (AvgIpc) is 2.78. The molecule has 1 aliphatic heterocycles. The molecule has 2 aromatic rings. The Morgan fingerprint density at radius 3 is 2.67 bits per heavy atom. The van der Waals surface area contributed by atoms with Gasteiger partial charge in [-0.2, -0.15) is 0 Å². The van der Waals surface area contributed by atoms with Crippen molar-refractivity contribution < 1.29 is 5.11 Å². The summed E-state index contributed by atoms with van der Waals surface area (Å²) in [4.78, 5) is 6.51. The Bertz CT molecular complexity index is 669. The lowest BCUT2D eigenvalue weighted by molar-refractivity contribution is 0.217. The zero-order chi connectivity index (χ0) is 14.9. The van der Waals surface area contributed by atoms with Gasteiger partial charge in [-0.05, 0) is 30.2 Å². The summed E-state index contributed by atoms with van der Waals surface area (Å²) in [6, 6.07) is 17.5. The third kappa shape index (κ3) is 2.44. The van der Waals surface area contributed by atoms with E-state index in [1.54, 1.807) is 12.1 Å². The molecular weight excluding hydrogens is 262 g/mol. The van der Waals surface area contributed by atoms with Crippen LogP contribution in [0.3, 0.4) is 0 Å². The van der Waals surface area contributed by atoms with Crippen LogP contribution in [0, 0.1) is 0 Å². The Kier molecular flexibility index (Phi) is 3.29. The quantitative estimate of drug-likeness (QED) is 0.908. The number of guanidine groups is 1. The number of nitrogens with zero attached hydrogens (tertiary/aromatic N) is 2. The molecule has 21 heavy (non-hydrogen) atoms. The van der Waals surface area contributed by atoms with Crippen LogP contribution in [0.25, 0.3) is 0 Å². The Balaban J connectivity index is 1.94. The highest BCUT2D eigenvalue weighted by atomic mass is 16.3. The molecule has 0 saturated carbocycles. The van der Waals surface area contributed by atoms with Crippen molar-refractivity contribution >= 4 is 5.96 Å². The van der Waals surface area contributed by atoms with Gasteiger partial charge >= 0.3 is 0 Å². The lowest BCUT2D eigenvalue weighted by Crippen LogP contribution is -2.46. The van der Waals surface area contributed by atoms with E-state index in [2.05, 4.69) is 28.9 Å². The van der Waals surface area contributed by atoms with Gasteiger partial charge in [-0.15, -0.1) is 0 Å². The highest BCUT2D eigenvalue weighted by molar-refractivity contribution is 5.81. The van der Waals surface area contributed by atoms with Crippen LogP contribution in [-0.2, 0) is 12.1 Å². The van der Waals surface area contributed by atoms with Crippen molar-refractivity contribution in [3.8, 4) is 5.75 Å². The predicted molar refractivity (Wildman–Crippen MR) is 83.9 cm³/mol. The van der Waals surface area contributed by atoms with E-state index in [1.165, 1.54) is 5.56 Å². The Morgan fingerprint density at radius 1 is 1.19 bits per heavy atom. The highest BCUT2D eigenvalue weighted by Gasteiger charge is 2.39. The van der Waals surface area contributed by atoms with Crippen molar-refractivity contribution in [2.75, 3.05) is 6.54 Å². The van der Waals surface area contributed by atoms with Crippen molar-refractivity contribution in [1.82, 2.24) is 4.90 Å². The van der Waals surface area contributed by atoms with Gasteiger partial charge in [-0.3, -0.25) is 4.99 Å². The van der Waals surface area contributed by atoms with Crippen LogP contribution in [-0.4, -0.2) is 22.5 Å². The second kappa shape index (κ2) is 5.13. The largest absolute Gasteiger partial charge is 0.508 e. The molecule has 108 valence electrons. The standard InChI is InChI=1S/C17H19N3O/c1-17(14-8-5-9-15(21)10-14)12-19-16(18)20(17)11-13-6-3-2-4-7-13/h2-10,21H,11-12H2,1H3,(H2,18,19). The van der Waals surface area contributed by atoms with E-state index in [1.807, 2.05) is 30.3 Å². The monoisotopic (exact) mass is 281 g/mol. The molecule has 4 nitrogen and oxygen atoms in total. The van der Waals surface area contributed by atoms with E-state index >= 15 is 0 Å². The molecule has 3 N–H and O–H groups in total. The summed E-state index contributed by atoms with van der Waals surface area (Å²) in [5.41, 5.74) is 7.96. The molecule has 1 unspecified atom stereocenters. The van der Waals surface area contributed by atoms with Gasteiger partial charge in [-0.1, -0.05) is 42.5 Å². The van der Waals surface area contributed by atoms with Crippen LogP contribution in [0.5, 0.6) is 5.75 Å². The minimum atomic E-state index is -0.335. The SMILES string of the molecule is CC1(c2cccc(O)c2)CN=C(N)N1Cc1ccccc1. The lowest BCUT2D eigenvalue weighted by atomic mass is 9.90. The summed E-state index contributed by atoms with van der Waals surface area (Å²) in [5, 5.41) is 9.74. The van der Waals surface area contributed by atoms with Crippen LogP contribution in [0.1, 0.15) is 18.1 Å². The van der Waals surface area contributed by atoms with Crippen molar-refractivity contribution in [3.05, 3.63) is 65.7 Å². The first-order valence-electron chi connectivity index (χ1n) is 7.00. The molecule has 0 aromatic heterocycles. The summed E-state index contributed by atoms with van der Waals surface area (Å²) in [5.74, 6) is 0.809.